The van der Waals surface area contributed by atoms with Gasteiger partial charge in [0.15, 0.2) is 0 Å². The van der Waals surface area contributed by atoms with Crippen LogP contribution in [-0.2, 0) is 10.0 Å². The molecule has 15 heavy (non-hydrogen) atoms. The predicted molar refractivity (Wildman–Crippen MR) is 66.6 cm³/mol. The fourth-order valence-corrected chi connectivity index (χ4v) is 4.35. The zero-order chi connectivity index (χ0) is 11.5. The molecule has 0 aliphatic rings. The molecule has 0 aliphatic carbocycles. The Hall–Kier alpha value is -0.170. The van der Waals surface area contributed by atoms with Gasteiger partial charge < -0.3 is 0 Å². The van der Waals surface area contributed by atoms with Crippen molar-refractivity contribution in [3.05, 3.63) is 28.6 Å². The lowest BCUT2D eigenvalue weighted by Crippen LogP contribution is -2.31. The Bertz CT molecular complexity index is 439. The molecule has 0 amide bonds. The van der Waals surface area contributed by atoms with Crippen LogP contribution in [0, 0.1) is 0 Å². The highest BCUT2D eigenvalue weighted by Crippen LogP contribution is 2.25. The average molecular weight is 310 g/mol. The van der Waals surface area contributed by atoms with Crippen LogP contribution in [0.25, 0.3) is 0 Å². The summed E-state index contributed by atoms with van der Waals surface area (Å²) in [6, 6.07) is 3.17. The van der Waals surface area contributed by atoms with Crippen molar-refractivity contribution < 1.29 is 8.42 Å². The Kier molecular flexibility index (Phi) is 4.51. The largest absolute Gasteiger partial charge is 0.250 e. The van der Waals surface area contributed by atoms with E-state index in [-0.39, 0.29) is 6.04 Å². The highest BCUT2D eigenvalue weighted by molar-refractivity contribution is 9.11. The van der Waals surface area contributed by atoms with Gasteiger partial charge in [-0.2, -0.15) is 0 Å². The SMILES string of the molecule is C=CCC(C)NS(=O)(=O)c1ccc(Br)s1. The minimum absolute atomic E-state index is 0.131. The molecule has 1 N–H and O–H groups in total. The highest BCUT2D eigenvalue weighted by atomic mass is 79.9. The van der Waals surface area contributed by atoms with E-state index in [0.29, 0.717) is 10.6 Å². The first-order valence-electron chi connectivity index (χ1n) is 4.34. The zero-order valence-corrected chi connectivity index (χ0v) is 11.5. The van der Waals surface area contributed by atoms with Gasteiger partial charge in [-0.3, -0.25) is 0 Å². The summed E-state index contributed by atoms with van der Waals surface area (Å²) in [6.07, 6.45) is 2.31. The van der Waals surface area contributed by atoms with Gasteiger partial charge >= 0.3 is 0 Å². The number of hydrogen-bond acceptors (Lipinski definition) is 3. The molecule has 1 unspecified atom stereocenters. The third-order valence-electron chi connectivity index (χ3n) is 1.69. The van der Waals surface area contributed by atoms with Gasteiger partial charge in [0.1, 0.15) is 4.21 Å². The van der Waals surface area contributed by atoms with E-state index in [4.69, 9.17) is 0 Å². The predicted octanol–water partition coefficient (Wildman–Crippen LogP) is 2.75. The maximum absolute atomic E-state index is 11.8. The van der Waals surface area contributed by atoms with E-state index in [1.54, 1.807) is 18.2 Å². The fourth-order valence-electron chi connectivity index (χ4n) is 1.06. The molecule has 1 atom stereocenters. The maximum Gasteiger partial charge on any atom is 0.250 e. The molecule has 0 saturated heterocycles. The lowest BCUT2D eigenvalue weighted by Gasteiger charge is -2.10. The molecule has 0 fully saturated rings. The summed E-state index contributed by atoms with van der Waals surface area (Å²) in [6.45, 7) is 5.38. The summed E-state index contributed by atoms with van der Waals surface area (Å²) < 4.78 is 27.3. The summed E-state index contributed by atoms with van der Waals surface area (Å²) in [7, 11) is -3.37. The van der Waals surface area contributed by atoms with Crippen molar-refractivity contribution in [2.75, 3.05) is 0 Å². The summed E-state index contributed by atoms with van der Waals surface area (Å²) in [5.74, 6) is 0. The molecule has 84 valence electrons. The van der Waals surface area contributed by atoms with E-state index in [1.165, 1.54) is 11.3 Å². The third kappa shape index (κ3) is 3.71. The number of nitrogens with one attached hydrogen (secondary N) is 1. The van der Waals surface area contributed by atoms with Crippen LogP contribution in [0.15, 0.2) is 32.8 Å². The van der Waals surface area contributed by atoms with Crippen molar-refractivity contribution in [2.45, 2.75) is 23.6 Å². The van der Waals surface area contributed by atoms with Crippen molar-refractivity contribution >= 4 is 37.3 Å². The number of sulfonamides is 1. The first-order valence-corrected chi connectivity index (χ1v) is 7.43. The van der Waals surface area contributed by atoms with Crippen LogP contribution in [0.5, 0.6) is 0 Å². The molecular weight excluding hydrogens is 298 g/mol. The normalized spacial score (nSPS) is 13.7. The molecule has 0 aliphatic heterocycles. The van der Waals surface area contributed by atoms with Crippen LogP contribution in [-0.4, -0.2) is 14.5 Å². The van der Waals surface area contributed by atoms with E-state index < -0.39 is 10.0 Å². The second-order valence-electron chi connectivity index (χ2n) is 3.11. The number of halogens is 1. The second kappa shape index (κ2) is 5.25. The van der Waals surface area contributed by atoms with Crippen LogP contribution in [0.3, 0.4) is 0 Å². The van der Waals surface area contributed by atoms with Crippen molar-refractivity contribution in [2.24, 2.45) is 0 Å². The van der Waals surface area contributed by atoms with Gasteiger partial charge in [0.05, 0.1) is 3.79 Å². The first-order chi connectivity index (χ1) is 6.95. The second-order valence-corrected chi connectivity index (χ2v) is 7.51. The molecule has 0 aromatic carbocycles. The molecule has 0 saturated carbocycles. The number of thiophene rings is 1. The standard InChI is InChI=1S/C9H12BrNO2S2/c1-3-4-7(2)11-15(12,13)9-6-5-8(10)14-9/h3,5-7,11H,1,4H2,2H3. The van der Waals surface area contributed by atoms with Crippen molar-refractivity contribution in [3.63, 3.8) is 0 Å². The van der Waals surface area contributed by atoms with E-state index in [9.17, 15) is 8.42 Å². The number of rotatable bonds is 5. The topological polar surface area (TPSA) is 46.2 Å². The zero-order valence-electron chi connectivity index (χ0n) is 8.23. The highest BCUT2D eigenvalue weighted by Gasteiger charge is 2.18. The molecule has 0 spiro atoms. The van der Waals surface area contributed by atoms with Crippen molar-refractivity contribution in [3.8, 4) is 0 Å². The van der Waals surface area contributed by atoms with Crippen molar-refractivity contribution in [1.82, 2.24) is 4.72 Å². The average Bonchev–Trinajstić information content (AvgIpc) is 2.51. The Morgan fingerprint density at radius 1 is 1.67 bits per heavy atom. The smallest absolute Gasteiger partial charge is 0.207 e. The molecule has 3 nitrogen and oxygen atoms in total. The van der Waals surface area contributed by atoms with Gasteiger partial charge in [-0.05, 0) is 41.4 Å². The van der Waals surface area contributed by atoms with E-state index in [0.717, 1.165) is 3.79 Å². The Morgan fingerprint density at radius 3 is 2.80 bits per heavy atom. The molecule has 6 heteroatoms. The molecule has 1 rings (SSSR count). The minimum Gasteiger partial charge on any atom is -0.207 e. The number of hydrogen-bond donors (Lipinski definition) is 1. The molecular formula is C9H12BrNO2S2. The third-order valence-corrected chi connectivity index (χ3v) is 5.39. The van der Waals surface area contributed by atoms with Gasteiger partial charge in [0.2, 0.25) is 10.0 Å². The van der Waals surface area contributed by atoms with Crippen LogP contribution < -0.4 is 4.72 Å². The van der Waals surface area contributed by atoms with E-state index >= 15 is 0 Å². The Labute approximate surface area is 102 Å². The van der Waals surface area contributed by atoms with Gasteiger partial charge in [-0.15, -0.1) is 17.9 Å². The minimum atomic E-state index is -3.37. The van der Waals surface area contributed by atoms with Crippen LogP contribution in [0.4, 0.5) is 0 Å². The van der Waals surface area contributed by atoms with Crippen LogP contribution in [0.1, 0.15) is 13.3 Å². The molecule has 1 heterocycles. The van der Waals surface area contributed by atoms with Gasteiger partial charge in [0, 0.05) is 6.04 Å². The fraction of sp³-hybridized carbons (Fsp3) is 0.333. The van der Waals surface area contributed by atoms with Gasteiger partial charge in [0.25, 0.3) is 0 Å². The lowest BCUT2D eigenvalue weighted by atomic mass is 10.3. The Morgan fingerprint density at radius 2 is 2.33 bits per heavy atom. The van der Waals surface area contributed by atoms with Gasteiger partial charge in [-0.1, -0.05) is 6.08 Å². The monoisotopic (exact) mass is 309 g/mol. The lowest BCUT2D eigenvalue weighted by molar-refractivity contribution is 0.564. The first kappa shape index (κ1) is 12.9. The van der Waals surface area contributed by atoms with Crippen LogP contribution >= 0.6 is 27.3 Å². The van der Waals surface area contributed by atoms with E-state index in [1.807, 2.05) is 6.92 Å². The Balaban J connectivity index is 2.80. The maximum atomic E-state index is 11.8. The quantitative estimate of drug-likeness (QED) is 0.850. The summed E-state index contributed by atoms with van der Waals surface area (Å²) in [5, 5.41) is 0. The molecule has 1 aromatic rings. The van der Waals surface area contributed by atoms with Gasteiger partial charge in [-0.25, -0.2) is 13.1 Å². The molecule has 1 aromatic heterocycles. The summed E-state index contributed by atoms with van der Waals surface area (Å²) in [5.41, 5.74) is 0. The van der Waals surface area contributed by atoms with Crippen molar-refractivity contribution in [1.29, 1.82) is 0 Å². The molecule has 0 bridgehead atoms. The summed E-state index contributed by atoms with van der Waals surface area (Å²) in [4.78, 5) is 0. The van der Waals surface area contributed by atoms with Crippen LogP contribution in [0.2, 0.25) is 0 Å². The summed E-state index contributed by atoms with van der Waals surface area (Å²) >= 11 is 4.43. The van der Waals surface area contributed by atoms with E-state index in [2.05, 4.69) is 27.2 Å². The molecule has 0 radical (unpaired) electrons.